The van der Waals surface area contributed by atoms with Gasteiger partial charge in [-0.25, -0.2) is 4.39 Å². The monoisotopic (exact) mass is 340 g/mol. The van der Waals surface area contributed by atoms with E-state index in [4.69, 9.17) is 27.3 Å². The Morgan fingerprint density at radius 2 is 2.05 bits per heavy atom. The van der Waals surface area contributed by atoms with Crippen LogP contribution >= 0.6 is 27.5 Å². The fourth-order valence-corrected chi connectivity index (χ4v) is 1.98. The number of nitrogens with two attached hydrogens (primary N) is 1. The minimum Gasteiger partial charge on any atom is -0.455 e. The SMILES string of the molecule is N#Cc1ccc(Oc2cc(F)c(Br)cc2N)cc1Cl. The number of hydrogen-bond donors (Lipinski definition) is 1. The fourth-order valence-electron chi connectivity index (χ4n) is 1.41. The van der Waals surface area contributed by atoms with Crippen LogP contribution in [0.5, 0.6) is 11.5 Å². The molecular weight excluding hydrogens is 335 g/mol. The minimum atomic E-state index is -0.482. The minimum absolute atomic E-state index is 0.182. The molecule has 3 nitrogen and oxygen atoms in total. The van der Waals surface area contributed by atoms with Crippen LogP contribution in [0.1, 0.15) is 5.56 Å². The maximum absolute atomic E-state index is 13.4. The van der Waals surface area contributed by atoms with E-state index in [1.54, 1.807) is 6.07 Å². The van der Waals surface area contributed by atoms with Crippen LogP contribution in [0.15, 0.2) is 34.8 Å². The fraction of sp³-hybridized carbons (Fsp3) is 0. The molecule has 0 bridgehead atoms. The zero-order valence-corrected chi connectivity index (χ0v) is 11.8. The summed E-state index contributed by atoms with van der Waals surface area (Å²) in [5.41, 5.74) is 6.35. The summed E-state index contributed by atoms with van der Waals surface area (Å²) in [6.45, 7) is 0. The predicted molar refractivity (Wildman–Crippen MR) is 74.8 cm³/mol. The lowest BCUT2D eigenvalue weighted by atomic mass is 10.2. The van der Waals surface area contributed by atoms with Crippen LogP contribution in [-0.2, 0) is 0 Å². The first-order valence-electron chi connectivity index (χ1n) is 5.13. The Morgan fingerprint density at radius 1 is 1.32 bits per heavy atom. The first-order valence-corrected chi connectivity index (χ1v) is 6.30. The van der Waals surface area contributed by atoms with Crippen LogP contribution in [0.3, 0.4) is 0 Å². The number of nitrogens with zero attached hydrogens (tertiary/aromatic N) is 1. The Bertz CT molecular complexity index is 685. The highest BCUT2D eigenvalue weighted by molar-refractivity contribution is 9.10. The zero-order valence-electron chi connectivity index (χ0n) is 9.45. The summed E-state index contributed by atoms with van der Waals surface area (Å²) in [5, 5.41) is 9.02. The molecule has 0 unspecified atom stereocenters. The summed E-state index contributed by atoms with van der Waals surface area (Å²) in [4.78, 5) is 0. The number of anilines is 1. The number of nitriles is 1. The van der Waals surface area contributed by atoms with Gasteiger partial charge in [-0.3, -0.25) is 0 Å². The van der Waals surface area contributed by atoms with Crippen molar-refractivity contribution in [2.75, 3.05) is 5.73 Å². The van der Waals surface area contributed by atoms with Gasteiger partial charge in [-0.2, -0.15) is 5.26 Å². The number of hydrogen-bond acceptors (Lipinski definition) is 3. The second-order valence-electron chi connectivity index (χ2n) is 3.66. The molecule has 0 atom stereocenters. The van der Waals surface area contributed by atoms with Crippen molar-refractivity contribution in [1.29, 1.82) is 5.26 Å². The third-order valence-electron chi connectivity index (χ3n) is 2.34. The van der Waals surface area contributed by atoms with E-state index < -0.39 is 5.82 Å². The number of ether oxygens (including phenoxy) is 1. The maximum Gasteiger partial charge on any atom is 0.153 e. The number of nitrogen functional groups attached to an aromatic ring is 1. The van der Waals surface area contributed by atoms with E-state index in [1.165, 1.54) is 24.3 Å². The third-order valence-corrected chi connectivity index (χ3v) is 3.26. The molecule has 2 aromatic rings. The van der Waals surface area contributed by atoms with Gasteiger partial charge in [0.25, 0.3) is 0 Å². The van der Waals surface area contributed by atoms with Gasteiger partial charge in [-0.05, 0) is 34.1 Å². The molecule has 2 N–H and O–H groups in total. The Morgan fingerprint density at radius 3 is 2.68 bits per heavy atom. The van der Waals surface area contributed by atoms with E-state index in [9.17, 15) is 4.39 Å². The molecule has 19 heavy (non-hydrogen) atoms. The summed E-state index contributed by atoms with van der Waals surface area (Å²) >= 11 is 8.91. The average Bonchev–Trinajstić information content (AvgIpc) is 2.36. The molecule has 2 rings (SSSR count). The molecule has 96 valence electrons. The number of halogens is 3. The quantitative estimate of drug-likeness (QED) is 0.819. The molecule has 0 saturated heterocycles. The third kappa shape index (κ3) is 2.98. The molecule has 0 fully saturated rings. The second kappa shape index (κ2) is 5.47. The lowest BCUT2D eigenvalue weighted by molar-refractivity contribution is 0.478. The highest BCUT2D eigenvalue weighted by Gasteiger charge is 2.09. The van der Waals surface area contributed by atoms with Crippen LogP contribution in [0, 0.1) is 17.1 Å². The summed E-state index contributed by atoms with van der Waals surface area (Å²) in [5.74, 6) is 0.0721. The van der Waals surface area contributed by atoms with Gasteiger partial charge in [0.2, 0.25) is 0 Å². The largest absolute Gasteiger partial charge is 0.455 e. The summed E-state index contributed by atoms with van der Waals surface area (Å²) in [7, 11) is 0. The van der Waals surface area contributed by atoms with Gasteiger partial charge in [0.05, 0.1) is 20.7 Å². The van der Waals surface area contributed by atoms with E-state index >= 15 is 0 Å². The van der Waals surface area contributed by atoms with Gasteiger partial charge in [0.15, 0.2) is 5.75 Å². The van der Waals surface area contributed by atoms with Gasteiger partial charge < -0.3 is 10.5 Å². The first kappa shape index (κ1) is 13.7. The highest BCUT2D eigenvalue weighted by Crippen LogP contribution is 2.33. The van der Waals surface area contributed by atoms with Crippen molar-refractivity contribution >= 4 is 33.2 Å². The van der Waals surface area contributed by atoms with Crippen LogP contribution in [0.4, 0.5) is 10.1 Å². The lowest BCUT2D eigenvalue weighted by Gasteiger charge is -2.10. The van der Waals surface area contributed by atoms with Crippen LogP contribution in [0.2, 0.25) is 5.02 Å². The predicted octanol–water partition coefficient (Wildman–Crippen LogP) is 4.49. The van der Waals surface area contributed by atoms with Crippen molar-refractivity contribution in [3.8, 4) is 17.6 Å². The molecule has 0 heterocycles. The van der Waals surface area contributed by atoms with Crippen molar-refractivity contribution in [3.05, 3.63) is 51.2 Å². The standard InChI is InChI=1S/C13H7BrClFN2O/c14-9-4-12(18)13(5-11(9)16)19-8-2-1-7(6-17)10(15)3-8/h1-5H,18H2. The highest BCUT2D eigenvalue weighted by atomic mass is 79.9. The Kier molecular flexibility index (Phi) is 3.93. The topological polar surface area (TPSA) is 59.0 Å². The van der Waals surface area contributed by atoms with Gasteiger partial charge >= 0.3 is 0 Å². The van der Waals surface area contributed by atoms with Crippen molar-refractivity contribution in [2.45, 2.75) is 0 Å². The Balaban J connectivity index is 2.34. The van der Waals surface area contributed by atoms with E-state index in [2.05, 4.69) is 15.9 Å². The summed E-state index contributed by atoms with van der Waals surface area (Å²) in [6.07, 6.45) is 0. The molecule has 0 aliphatic rings. The van der Waals surface area contributed by atoms with Crippen molar-refractivity contribution in [3.63, 3.8) is 0 Å². The average molecular weight is 342 g/mol. The van der Waals surface area contributed by atoms with Crippen LogP contribution in [-0.4, -0.2) is 0 Å². The maximum atomic E-state index is 13.4. The number of benzene rings is 2. The molecular formula is C13H7BrClFN2O. The molecule has 0 aliphatic heterocycles. The van der Waals surface area contributed by atoms with E-state index in [1.807, 2.05) is 6.07 Å². The van der Waals surface area contributed by atoms with E-state index in [0.717, 1.165) is 0 Å². The van der Waals surface area contributed by atoms with Gasteiger partial charge in [-0.1, -0.05) is 11.6 Å². The Labute approximate surface area is 122 Å². The molecule has 0 radical (unpaired) electrons. The second-order valence-corrected chi connectivity index (χ2v) is 4.92. The van der Waals surface area contributed by atoms with E-state index in [-0.39, 0.29) is 20.9 Å². The molecule has 2 aromatic carbocycles. The van der Waals surface area contributed by atoms with Crippen molar-refractivity contribution < 1.29 is 9.13 Å². The number of rotatable bonds is 2. The molecule has 6 heteroatoms. The summed E-state index contributed by atoms with van der Waals surface area (Å²) < 4.78 is 19.1. The van der Waals surface area contributed by atoms with Crippen molar-refractivity contribution in [1.82, 2.24) is 0 Å². The first-order chi connectivity index (χ1) is 9.01. The lowest BCUT2D eigenvalue weighted by Crippen LogP contribution is -1.94. The zero-order chi connectivity index (χ0) is 14.0. The van der Waals surface area contributed by atoms with Gasteiger partial charge in [-0.15, -0.1) is 0 Å². The molecule has 0 spiro atoms. The van der Waals surface area contributed by atoms with Gasteiger partial charge in [0, 0.05) is 12.1 Å². The van der Waals surface area contributed by atoms with Crippen LogP contribution in [0.25, 0.3) is 0 Å². The molecule has 0 amide bonds. The van der Waals surface area contributed by atoms with Crippen LogP contribution < -0.4 is 10.5 Å². The Hall–Kier alpha value is -1.77. The summed E-state index contributed by atoms with van der Waals surface area (Å²) in [6, 6.07) is 9.07. The van der Waals surface area contributed by atoms with Crippen molar-refractivity contribution in [2.24, 2.45) is 0 Å². The van der Waals surface area contributed by atoms with E-state index in [0.29, 0.717) is 11.3 Å². The molecule has 0 aromatic heterocycles. The molecule has 0 saturated carbocycles. The van der Waals surface area contributed by atoms with Gasteiger partial charge in [0.1, 0.15) is 17.6 Å². The smallest absolute Gasteiger partial charge is 0.153 e. The molecule has 0 aliphatic carbocycles. The normalized spacial score (nSPS) is 10.0.